The molecule has 0 radical (unpaired) electrons. The lowest BCUT2D eigenvalue weighted by Crippen LogP contribution is -2.47. The molecule has 84 valence electrons. The van der Waals surface area contributed by atoms with E-state index in [2.05, 4.69) is 10.9 Å². The van der Waals surface area contributed by atoms with Gasteiger partial charge in [0.2, 0.25) is 6.41 Å². The van der Waals surface area contributed by atoms with Gasteiger partial charge in [0, 0.05) is 7.05 Å². The predicted octanol–water partition coefficient (Wildman–Crippen LogP) is 0.271. The maximum atomic E-state index is 11.7. The molecule has 0 fully saturated rings. The van der Waals surface area contributed by atoms with Gasteiger partial charge in [0.1, 0.15) is 0 Å². The average molecular weight is 220 g/mol. The highest BCUT2D eigenvalue weighted by Gasteiger charge is 2.27. The number of fused-ring (bicyclic) bond motifs is 1. The molecule has 16 heavy (non-hydrogen) atoms. The van der Waals surface area contributed by atoms with E-state index in [1.165, 1.54) is 0 Å². The van der Waals surface area contributed by atoms with Crippen molar-refractivity contribution < 1.29 is 9.59 Å². The SMILES string of the molecule is CN1CN(C(=O)NNC=O)c2ccccc21. The summed E-state index contributed by atoms with van der Waals surface area (Å²) in [4.78, 5) is 25.3. The van der Waals surface area contributed by atoms with Crippen LogP contribution >= 0.6 is 0 Å². The molecule has 0 aromatic heterocycles. The highest BCUT2D eigenvalue weighted by molar-refractivity contribution is 5.98. The summed E-state index contributed by atoms with van der Waals surface area (Å²) < 4.78 is 0. The average Bonchev–Trinajstić information content (AvgIpc) is 2.65. The Balaban J connectivity index is 2.20. The highest BCUT2D eigenvalue weighted by atomic mass is 16.2. The number of anilines is 2. The molecule has 0 atom stereocenters. The molecule has 6 nitrogen and oxygen atoms in total. The molecule has 0 saturated heterocycles. The van der Waals surface area contributed by atoms with Gasteiger partial charge in [-0.2, -0.15) is 0 Å². The van der Waals surface area contributed by atoms with Crippen molar-refractivity contribution in [3.05, 3.63) is 24.3 Å². The first-order valence-electron chi connectivity index (χ1n) is 4.81. The molecule has 1 heterocycles. The van der Waals surface area contributed by atoms with Crippen LogP contribution < -0.4 is 20.7 Å². The van der Waals surface area contributed by atoms with E-state index in [0.717, 1.165) is 11.4 Å². The number of benzene rings is 1. The first kappa shape index (κ1) is 10.3. The summed E-state index contributed by atoms with van der Waals surface area (Å²) in [6, 6.07) is 7.23. The summed E-state index contributed by atoms with van der Waals surface area (Å²) in [7, 11) is 1.90. The van der Waals surface area contributed by atoms with Gasteiger partial charge in [-0.1, -0.05) is 12.1 Å². The van der Waals surface area contributed by atoms with Crippen LogP contribution in [0.3, 0.4) is 0 Å². The predicted molar refractivity (Wildman–Crippen MR) is 59.9 cm³/mol. The summed E-state index contributed by atoms with van der Waals surface area (Å²) in [5.41, 5.74) is 6.23. The van der Waals surface area contributed by atoms with Crippen LogP contribution in [0.25, 0.3) is 0 Å². The number of para-hydroxylation sites is 2. The number of rotatable bonds is 2. The molecule has 0 saturated carbocycles. The molecule has 6 heteroatoms. The molecule has 2 rings (SSSR count). The van der Waals surface area contributed by atoms with Gasteiger partial charge < -0.3 is 4.90 Å². The van der Waals surface area contributed by atoms with Crippen molar-refractivity contribution in [1.29, 1.82) is 0 Å². The maximum absolute atomic E-state index is 11.7. The van der Waals surface area contributed by atoms with Gasteiger partial charge in [0.15, 0.2) is 0 Å². The third kappa shape index (κ3) is 1.65. The van der Waals surface area contributed by atoms with Crippen LogP contribution in [0, 0.1) is 0 Å². The Morgan fingerprint density at radius 2 is 2.06 bits per heavy atom. The second-order valence-electron chi connectivity index (χ2n) is 3.45. The number of carbonyl (C=O) groups is 2. The fraction of sp³-hybridized carbons (Fsp3) is 0.200. The minimum atomic E-state index is -0.357. The Morgan fingerprint density at radius 1 is 1.38 bits per heavy atom. The molecule has 0 bridgehead atoms. The number of hydrogen-bond donors (Lipinski definition) is 2. The number of hydrazine groups is 1. The topological polar surface area (TPSA) is 64.7 Å². The Bertz CT molecular complexity index is 421. The van der Waals surface area contributed by atoms with Crippen molar-refractivity contribution in [2.45, 2.75) is 0 Å². The van der Waals surface area contributed by atoms with Crippen LogP contribution in [0.15, 0.2) is 24.3 Å². The van der Waals surface area contributed by atoms with Crippen LogP contribution in [0.5, 0.6) is 0 Å². The summed E-state index contributed by atoms with van der Waals surface area (Å²) in [6.07, 6.45) is 0.420. The van der Waals surface area contributed by atoms with Crippen LogP contribution in [-0.4, -0.2) is 26.2 Å². The molecular formula is C10H12N4O2. The second kappa shape index (κ2) is 4.09. The van der Waals surface area contributed by atoms with E-state index >= 15 is 0 Å². The van der Waals surface area contributed by atoms with Gasteiger partial charge >= 0.3 is 6.03 Å². The Hall–Kier alpha value is -2.24. The normalized spacial score (nSPS) is 13.3. The molecule has 1 aliphatic heterocycles. The number of carbonyl (C=O) groups excluding carboxylic acids is 2. The van der Waals surface area contributed by atoms with Crippen LogP contribution in [0.4, 0.5) is 16.2 Å². The van der Waals surface area contributed by atoms with E-state index in [0.29, 0.717) is 13.1 Å². The van der Waals surface area contributed by atoms with E-state index < -0.39 is 0 Å². The van der Waals surface area contributed by atoms with E-state index in [4.69, 9.17) is 0 Å². The Kier molecular flexibility index (Phi) is 2.63. The summed E-state index contributed by atoms with van der Waals surface area (Å²) in [5, 5.41) is 0. The molecule has 1 aromatic rings. The highest BCUT2D eigenvalue weighted by Crippen LogP contribution is 2.34. The van der Waals surface area contributed by atoms with Crippen LogP contribution in [0.2, 0.25) is 0 Å². The Morgan fingerprint density at radius 3 is 2.75 bits per heavy atom. The molecular weight excluding hydrogens is 208 g/mol. The number of hydrogen-bond acceptors (Lipinski definition) is 3. The third-order valence-corrected chi connectivity index (χ3v) is 2.42. The zero-order valence-electron chi connectivity index (χ0n) is 8.80. The summed E-state index contributed by atoms with van der Waals surface area (Å²) in [6.45, 7) is 0.464. The minimum Gasteiger partial charge on any atom is -0.355 e. The van der Waals surface area contributed by atoms with Crippen molar-refractivity contribution >= 4 is 23.8 Å². The molecule has 2 N–H and O–H groups in total. The van der Waals surface area contributed by atoms with Gasteiger partial charge in [-0.3, -0.25) is 15.1 Å². The van der Waals surface area contributed by atoms with E-state index in [-0.39, 0.29) is 6.03 Å². The zero-order valence-corrected chi connectivity index (χ0v) is 8.80. The number of urea groups is 1. The fourth-order valence-corrected chi connectivity index (χ4v) is 1.71. The third-order valence-electron chi connectivity index (χ3n) is 2.42. The molecule has 0 aliphatic carbocycles. The molecule has 1 aromatic carbocycles. The lowest BCUT2D eigenvalue weighted by molar-refractivity contribution is -0.110. The van der Waals surface area contributed by atoms with Crippen molar-refractivity contribution in [1.82, 2.24) is 10.9 Å². The lowest BCUT2D eigenvalue weighted by Gasteiger charge is -2.17. The smallest absolute Gasteiger partial charge is 0.342 e. The number of amides is 3. The van der Waals surface area contributed by atoms with E-state index in [9.17, 15) is 9.59 Å². The molecule has 1 aliphatic rings. The lowest BCUT2D eigenvalue weighted by atomic mass is 10.2. The van der Waals surface area contributed by atoms with Gasteiger partial charge in [0.05, 0.1) is 18.0 Å². The fourth-order valence-electron chi connectivity index (χ4n) is 1.71. The van der Waals surface area contributed by atoms with Crippen molar-refractivity contribution in [3.8, 4) is 0 Å². The zero-order chi connectivity index (χ0) is 11.5. The van der Waals surface area contributed by atoms with Crippen molar-refractivity contribution in [3.63, 3.8) is 0 Å². The number of nitrogens with zero attached hydrogens (tertiary/aromatic N) is 2. The molecule has 0 unspecified atom stereocenters. The largest absolute Gasteiger partial charge is 0.355 e. The summed E-state index contributed by atoms with van der Waals surface area (Å²) >= 11 is 0. The van der Waals surface area contributed by atoms with Gasteiger partial charge in [-0.25, -0.2) is 10.2 Å². The van der Waals surface area contributed by atoms with E-state index in [1.807, 2.05) is 36.2 Å². The van der Waals surface area contributed by atoms with Crippen molar-refractivity contribution in [2.24, 2.45) is 0 Å². The standard InChI is InChI=1S/C10H12N4O2/c1-13-7-14(10(16)12-11-6-15)9-5-3-2-4-8(9)13/h2-6H,7H2,1H3,(H,11,15)(H,12,16). The second-order valence-corrected chi connectivity index (χ2v) is 3.45. The minimum absolute atomic E-state index is 0.357. The first-order valence-corrected chi connectivity index (χ1v) is 4.81. The monoisotopic (exact) mass is 220 g/mol. The molecule has 3 amide bonds. The van der Waals surface area contributed by atoms with Gasteiger partial charge in [0.25, 0.3) is 0 Å². The maximum Gasteiger partial charge on any atom is 0.342 e. The van der Waals surface area contributed by atoms with Crippen LogP contribution in [0.1, 0.15) is 0 Å². The molecule has 0 spiro atoms. The van der Waals surface area contributed by atoms with Crippen LogP contribution in [-0.2, 0) is 4.79 Å². The van der Waals surface area contributed by atoms with Gasteiger partial charge in [-0.05, 0) is 12.1 Å². The number of nitrogens with one attached hydrogen (secondary N) is 2. The van der Waals surface area contributed by atoms with Crippen molar-refractivity contribution in [2.75, 3.05) is 23.5 Å². The van der Waals surface area contributed by atoms with Gasteiger partial charge in [-0.15, -0.1) is 0 Å². The quantitative estimate of drug-likeness (QED) is 0.555. The Labute approximate surface area is 92.8 Å². The van der Waals surface area contributed by atoms with E-state index in [1.54, 1.807) is 4.90 Å². The summed E-state index contributed by atoms with van der Waals surface area (Å²) in [5.74, 6) is 0. The first-order chi connectivity index (χ1) is 7.74.